The van der Waals surface area contributed by atoms with Crippen molar-refractivity contribution in [3.8, 4) is 0 Å². The summed E-state index contributed by atoms with van der Waals surface area (Å²) < 4.78 is 12.8. The Morgan fingerprint density at radius 3 is 2.11 bits per heavy atom. The second-order valence-electron chi connectivity index (χ2n) is 4.02. The smallest absolute Gasteiger partial charge is 0.303 e. The second kappa shape index (κ2) is 5.52. The number of carbonyl (C=O) groups excluding carboxylic acids is 2. The zero-order valence-electron chi connectivity index (χ0n) is 10.1. The van der Waals surface area contributed by atoms with E-state index < -0.39 is 41.1 Å². The van der Waals surface area contributed by atoms with E-state index in [1.54, 1.807) is 0 Å². The van der Waals surface area contributed by atoms with E-state index in [2.05, 4.69) is 15.9 Å². The van der Waals surface area contributed by atoms with Crippen LogP contribution < -0.4 is 0 Å². The Hall–Kier alpha value is -0.700. The molecule has 1 unspecified atom stereocenters. The fraction of sp³-hybridized carbons (Fsp3) is 0.800. The number of esters is 2. The number of carbonyl (C=O) groups is 2. The molecule has 0 bridgehead atoms. The van der Waals surface area contributed by atoms with Gasteiger partial charge in [-0.1, -0.05) is 0 Å². The van der Waals surface area contributed by atoms with Crippen LogP contribution in [-0.2, 0) is 23.8 Å². The number of aliphatic hydroxyl groups excluding tert-OH is 1. The Balaban J connectivity index is 2.97. The summed E-state index contributed by atoms with van der Waals surface area (Å²) in [5, 5.41) is 19.6. The molecule has 1 fully saturated rings. The standard InChI is InChI=1S/C10H15BrO7/c1-4-7(16-5(2)12)8(17-6(3)13)9(14)10(11,15)18-4/h4,7-9,14-15H,1-3H3/t4-,7+,8+,9-,10?/m0/s1. The van der Waals surface area contributed by atoms with Gasteiger partial charge in [-0.15, -0.1) is 0 Å². The van der Waals surface area contributed by atoms with Crippen LogP contribution in [0.5, 0.6) is 0 Å². The lowest BCUT2D eigenvalue weighted by molar-refractivity contribution is -0.298. The lowest BCUT2D eigenvalue weighted by Gasteiger charge is -2.44. The van der Waals surface area contributed by atoms with Gasteiger partial charge in [0.05, 0.1) is 6.10 Å². The molecule has 0 saturated carbocycles. The van der Waals surface area contributed by atoms with Gasteiger partial charge in [0.25, 0.3) is 4.70 Å². The normalized spacial score (nSPS) is 40.1. The Morgan fingerprint density at radius 1 is 1.22 bits per heavy atom. The molecule has 0 aromatic carbocycles. The maximum Gasteiger partial charge on any atom is 0.303 e. The summed E-state index contributed by atoms with van der Waals surface area (Å²) in [5.41, 5.74) is 0. The molecule has 5 atom stereocenters. The molecule has 0 aliphatic carbocycles. The Morgan fingerprint density at radius 2 is 1.67 bits per heavy atom. The van der Waals surface area contributed by atoms with Gasteiger partial charge in [0.1, 0.15) is 0 Å². The number of hydrogen-bond acceptors (Lipinski definition) is 7. The molecule has 18 heavy (non-hydrogen) atoms. The molecule has 7 nitrogen and oxygen atoms in total. The molecular formula is C10H15BrO7. The number of rotatable bonds is 2. The monoisotopic (exact) mass is 326 g/mol. The molecule has 1 saturated heterocycles. The summed E-state index contributed by atoms with van der Waals surface area (Å²) in [7, 11) is 0. The van der Waals surface area contributed by atoms with Crippen molar-refractivity contribution in [2.24, 2.45) is 0 Å². The number of halogens is 1. The Labute approximate surface area is 112 Å². The second-order valence-corrected chi connectivity index (χ2v) is 5.16. The third-order valence-electron chi connectivity index (χ3n) is 2.42. The van der Waals surface area contributed by atoms with E-state index in [9.17, 15) is 19.8 Å². The van der Waals surface area contributed by atoms with Crippen molar-refractivity contribution in [2.75, 3.05) is 0 Å². The first-order valence-corrected chi connectivity index (χ1v) is 6.06. The highest BCUT2D eigenvalue weighted by molar-refractivity contribution is 9.10. The van der Waals surface area contributed by atoms with E-state index in [0.717, 1.165) is 6.92 Å². The van der Waals surface area contributed by atoms with Crippen LogP contribution in [0.2, 0.25) is 0 Å². The van der Waals surface area contributed by atoms with E-state index in [1.165, 1.54) is 13.8 Å². The molecule has 0 aromatic rings. The predicted molar refractivity (Wildman–Crippen MR) is 61.5 cm³/mol. The number of alkyl halides is 1. The SMILES string of the molecule is CC(=O)O[C@@H]1[C@H](OC(C)=O)[C@H](C)OC(O)(Br)[C@H]1O. The molecule has 1 aliphatic heterocycles. The van der Waals surface area contributed by atoms with Crippen molar-refractivity contribution in [3.63, 3.8) is 0 Å². The minimum atomic E-state index is -2.07. The van der Waals surface area contributed by atoms with Crippen LogP contribution in [0, 0.1) is 0 Å². The summed E-state index contributed by atoms with van der Waals surface area (Å²) in [6.07, 6.45) is -4.59. The van der Waals surface area contributed by atoms with Gasteiger partial charge >= 0.3 is 11.9 Å². The van der Waals surface area contributed by atoms with Crippen molar-refractivity contribution in [2.45, 2.75) is 49.9 Å². The van der Waals surface area contributed by atoms with Crippen LogP contribution in [0.25, 0.3) is 0 Å². The summed E-state index contributed by atoms with van der Waals surface area (Å²) in [4.78, 5) is 22.0. The highest BCUT2D eigenvalue weighted by atomic mass is 79.9. The molecule has 104 valence electrons. The lowest BCUT2D eigenvalue weighted by atomic mass is 9.99. The lowest BCUT2D eigenvalue weighted by Crippen LogP contribution is -2.63. The van der Waals surface area contributed by atoms with Gasteiger partial charge in [-0.25, -0.2) is 0 Å². The van der Waals surface area contributed by atoms with Crippen LogP contribution in [0.1, 0.15) is 20.8 Å². The molecular weight excluding hydrogens is 312 g/mol. The van der Waals surface area contributed by atoms with Gasteiger partial charge < -0.3 is 24.4 Å². The Bertz CT molecular complexity index is 343. The summed E-state index contributed by atoms with van der Waals surface area (Å²) in [5.74, 6) is -1.28. The highest BCUT2D eigenvalue weighted by Gasteiger charge is 2.54. The van der Waals surface area contributed by atoms with E-state index in [0.29, 0.717) is 0 Å². The first-order valence-electron chi connectivity index (χ1n) is 5.26. The first kappa shape index (κ1) is 15.4. The third kappa shape index (κ3) is 3.41. The van der Waals surface area contributed by atoms with E-state index in [-0.39, 0.29) is 0 Å². The third-order valence-corrected chi connectivity index (χ3v) is 3.07. The van der Waals surface area contributed by atoms with Gasteiger partial charge in [-0.3, -0.25) is 9.59 Å². The molecule has 1 rings (SSSR count). The highest BCUT2D eigenvalue weighted by Crippen LogP contribution is 2.35. The van der Waals surface area contributed by atoms with Crippen molar-refractivity contribution >= 4 is 27.9 Å². The summed E-state index contributed by atoms with van der Waals surface area (Å²) in [6, 6.07) is 0. The quantitative estimate of drug-likeness (QED) is 0.529. The van der Waals surface area contributed by atoms with Crippen LogP contribution >= 0.6 is 15.9 Å². The zero-order valence-corrected chi connectivity index (χ0v) is 11.7. The summed E-state index contributed by atoms with van der Waals surface area (Å²) in [6.45, 7) is 3.84. The van der Waals surface area contributed by atoms with Crippen LogP contribution in [-0.4, -0.2) is 51.3 Å². The molecule has 2 N–H and O–H groups in total. The fourth-order valence-corrected chi connectivity index (χ4v) is 2.28. The average molecular weight is 327 g/mol. The molecule has 0 spiro atoms. The summed E-state index contributed by atoms with van der Waals surface area (Å²) >= 11 is 2.77. The largest absolute Gasteiger partial charge is 0.456 e. The molecule has 0 amide bonds. The maximum absolute atomic E-state index is 11.0. The van der Waals surface area contributed by atoms with Crippen molar-refractivity contribution < 1.29 is 34.0 Å². The number of ether oxygens (including phenoxy) is 3. The van der Waals surface area contributed by atoms with Crippen LogP contribution in [0.3, 0.4) is 0 Å². The zero-order chi connectivity index (χ0) is 14.1. The van der Waals surface area contributed by atoms with Gasteiger partial charge in [-0.05, 0) is 22.9 Å². The van der Waals surface area contributed by atoms with E-state index >= 15 is 0 Å². The van der Waals surface area contributed by atoms with Crippen LogP contribution in [0.4, 0.5) is 0 Å². The van der Waals surface area contributed by atoms with Gasteiger partial charge in [0, 0.05) is 13.8 Å². The molecule has 1 heterocycles. The first-order chi connectivity index (χ1) is 8.15. The van der Waals surface area contributed by atoms with Crippen LogP contribution in [0.15, 0.2) is 0 Å². The van der Waals surface area contributed by atoms with E-state index in [4.69, 9.17) is 14.2 Å². The predicted octanol–water partition coefficient (Wildman–Crippen LogP) is -0.330. The molecule has 0 radical (unpaired) electrons. The van der Waals surface area contributed by atoms with Crippen molar-refractivity contribution in [1.82, 2.24) is 0 Å². The average Bonchev–Trinajstić information content (AvgIpc) is 2.18. The van der Waals surface area contributed by atoms with Crippen molar-refractivity contribution in [3.05, 3.63) is 0 Å². The number of aliphatic hydroxyl groups is 2. The van der Waals surface area contributed by atoms with E-state index in [1.807, 2.05) is 0 Å². The Kier molecular flexibility index (Phi) is 4.71. The molecule has 8 heteroatoms. The topological polar surface area (TPSA) is 102 Å². The number of hydrogen-bond donors (Lipinski definition) is 2. The minimum Gasteiger partial charge on any atom is -0.456 e. The minimum absolute atomic E-state index is 0.611. The van der Waals surface area contributed by atoms with Gasteiger partial charge in [-0.2, -0.15) is 0 Å². The molecule has 1 aliphatic rings. The van der Waals surface area contributed by atoms with Crippen molar-refractivity contribution in [1.29, 1.82) is 0 Å². The van der Waals surface area contributed by atoms with Gasteiger partial charge in [0.15, 0.2) is 18.3 Å². The maximum atomic E-state index is 11.0. The molecule has 0 aromatic heterocycles. The van der Waals surface area contributed by atoms with Gasteiger partial charge in [0.2, 0.25) is 0 Å². The fourth-order valence-electron chi connectivity index (χ4n) is 1.72.